The minimum absolute atomic E-state index is 0.0672. The fraction of sp³-hybridized carbons (Fsp3) is 0.455. The molecule has 0 radical (unpaired) electrons. The number of hydrogen-bond acceptors (Lipinski definition) is 4. The van der Waals surface area contributed by atoms with E-state index >= 15 is 0 Å². The Kier molecular flexibility index (Phi) is 5.57. The summed E-state index contributed by atoms with van der Waals surface area (Å²) < 4.78 is 1.80. The van der Waals surface area contributed by atoms with Crippen molar-refractivity contribution in [2.75, 3.05) is 6.54 Å². The first kappa shape index (κ1) is 20.1. The van der Waals surface area contributed by atoms with Crippen LogP contribution in [0.4, 0.5) is 0 Å². The third-order valence-electron chi connectivity index (χ3n) is 5.85. The van der Waals surface area contributed by atoms with Gasteiger partial charge in [0.05, 0.1) is 23.1 Å². The Balaban J connectivity index is 1.52. The number of amides is 3. The lowest BCUT2D eigenvalue weighted by Gasteiger charge is -2.33. The first-order chi connectivity index (χ1) is 14.5. The number of carbonyl (C=O) groups excluding carboxylic acids is 3. The molecule has 4 rings (SSSR count). The molecule has 2 aromatic rings. The van der Waals surface area contributed by atoms with Crippen molar-refractivity contribution in [1.29, 1.82) is 0 Å². The lowest BCUT2D eigenvalue weighted by molar-refractivity contribution is -0.147. The quantitative estimate of drug-likeness (QED) is 0.754. The number of nitrogens with zero attached hydrogens (tertiary/aromatic N) is 3. The maximum Gasteiger partial charge on any atom is 0.255 e. The first-order valence-electron chi connectivity index (χ1n) is 10.6. The molecule has 2 N–H and O–H groups in total. The van der Waals surface area contributed by atoms with Crippen LogP contribution in [0.3, 0.4) is 0 Å². The fourth-order valence-corrected chi connectivity index (χ4v) is 4.33. The summed E-state index contributed by atoms with van der Waals surface area (Å²) in [6.07, 6.45) is 4.18. The van der Waals surface area contributed by atoms with Gasteiger partial charge in [-0.05, 0) is 31.4 Å². The lowest BCUT2D eigenvalue weighted by atomic mass is 10.1. The fourth-order valence-electron chi connectivity index (χ4n) is 4.33. The van der Waals surface area contributed by atoms with Gasteiger partial charge in [-0.15, -0.1) is 0 Å². The third-order valence-corrected chi connectivity index (χ3v) is 5.85. The second kappa shape index (κ2) is 8.30. The van der Waals surface area contributed by atoms with Crippen LogP contribution in [0.5, 0.6) is 0 Å². The van der Waals surface area contributed by atoms with Gasteiger partial charge in [-0.25, -0.2) is 4.68 Å². The predicted molar refractivity (Wildman–Crippen MR) is 111 cm³/mol. The molecule has 3 atom stereocenters. The van der Waals surface area contributed by atoms with Crippen LogP contribution in [0.25, 0.3) is 5.69 Å². The highest BCUT2D eigenvalue weighted by molar-refractivity contribution is 5.98. The summed E-state index contributed by atoms with van der Waals surface area (Å²) in [7, 11) is 0. The van der Waals surface area contributed by atoms with E-state index in [9.17, 15) is 14.4 Å². The Bertz CT molecular complexity index is 955. The van der Waals surface area contributed by atoms with Crippen LogP contribution in [0.15, 0.2) is 36.5 Å². The van der Waals surface area contributed by atoms with E-state index in [1.54, 1.807) is 15.8 Å². The number of para-hydroxylation sites is 1. The summed E-state index contributed by atoms with van der Waals surface area (Å²) in [5.74, 6) is -0.422. The SMILES string of the molecule is CCCc1c(C(=O)N[C@H]2C[C@H]3C(=O)N[C@@H](CC)C(=O)N3C2)cnn1-c1ccccc1. The number of aromatic nitrogens is 2. The van der Waals surface area contributed by atoms with Crippen molar-refractivity contribution in [3.8, 4) is 5.69 Å². The molecule has 2 aliphatic rings. The van der Waals surface area contributed by atoms with Gasteiger partial charge in [-0.1, -0.05) is 38.5 Å². The number of nitrogens with one attached hydrogen (secondary N) is 2. The number of carbonyl (C=O) groups is 3. The molecule has 8 heteroatoms. The molecule has 2 aliphatic heterocycles. The van der Waals surface area contributed by atoms with Crippen molar-refractivity contribution >= 4 is 17.7 Å². The standard InChI is InChI=1S/C22H27N5O3/c1-3-8-18-16(12-23-27(18)15-9-6-5-7-10-15)20(28)24-14-11-19-21(29)25-17(4-2)22(30)26(19)13-14/h5-7,9-10,12,14,17,19H,3-4,8,11,13H2,1-2H3,(H,24,28)(H,25,29)/t14-,17-,19-/m0/s1. The molecule has 3 amide bonds. The molecule has 0 bridgehead atoms. The van der Waals surface area contributed by atoms with Crippen LogP contribution in [0.1, 0.15) is 49.2 Å². The highest BCUT2D eigenvalue weighted by Gasteiger charge is 2.46. The largest absolute Gasteiger partial charge is 0.347 e. The Labute approximate surface area is 175 Å². The highest BCUT2D eigenvalue weighted by Crippen LogP contribution is 2.24. The van der Waals surface area contributed by atoms with Crippen molar-refractivity contribution in [2.24, 2.45) is 0 Å². The second-order valence-corrected chi connectivity index (χ2v) is 7.88. The summed E-state index contributed by atoms with van der Waals surface area (Å²) in [5, 5.41) is 10.3. The van der Waals surface area contributed by atoms with Crippen LogP contribution in [0, 0.1) is 0 Å². The van der Waals surface area contributed by atoms with Gasteiger partial charge < -0.3 is 15.5 Å². The van der Waals surface area contributed by atoms with E-state index in [-0.39, 0.29) is 23.8 Å². The smallest absolute Gasteiger partial charge is 0.255 e. The molecule has 2 saturated heterocycles. The van der Waals surface area contributed by atoms with Crippen LogP contribution in [-0.4, -0.2) is 57.1 Å². The molecule has 8 nitrogen and oxygen atoms in total. The Morgan fingerprint density at radius 1 is 1.23 bits per heavy atom. The molecule has 0 spiro atoms. The van der Waals surface area contributed by atoms with Crippen LogP contribution < -0.4 is 10.6 Å². The molecule has 1 aromatic carbocycles. The van der Waals surface area contributed by atoms with Gasteiger partial charge in [0, 0.05) is 12.6 Å². The summed E-state index contributed by atoms with van der Waals surface area (Å²) in [5.41, 5.74) is 2.30. The van der Waals surface area contributed by atoms with Crippen molar-refractivity contribution in [1.82, 2.24) is 25.3 Å². The van der Waals surface area contributed by atoms with E-state index in [2.05, 4.69) is 22.7 Å². The van der Waals surface area contributed by atoms with E-state index in [1.807, 2.05) is 37.3 Å². The average molecular weight is 409 g/mol. The molecular weight excluding hydrogens is 382 g/mol. The maximum absolute atomic E-state index is 13.1. The topological polar surface area (TPSA) is 96.3 Å². The number of benzene rings is 1. The monoisotopic (exact) mass is 409 g/mol. The summed E-state index contributed by atoms with van der Waals surface area (Å²) >= 11 is 0. The van der Waals surface area contributed by atoms with E-state index in [0.29, 0.717) is 24.9 Å². The van der Waals surface area contributed by atoms with Gasteiger partial charge >= 0.3 is 0 Å². The van der Waals surface area contributed by atoms with E-state index in [1.165, 1.54) is 0 Å². The molecule has 158 valence electrons. The average Bonchev–Trinajstić information content (AvgIpc) is 3.36. The number of hydrogen-bond donors (Lipinski definition) is 2. The van der Waals surface area contributed by atoms with Crippen molar-refractivity contribution in [3.05, 3.63) is 47.8 Å². The van der Waals surface area contributed by atoms with Crippen LogP contribution in [0.2, 0.25) is 0 Å². The minimum Gasteiger partial charge on any atom is -0.347 e. The van der Waals surface area contributed by atoms with Gasteiger partial charge in [-0.2, -0.15) is 5.10 Å². The summed E-state index contributed by atoms with van der Waals surface area (Å²) in [6, 6.07) is 8.49. The number of piperazine rings is 1. The number of rotatable bonds is 6. The predicted octanol–water partition coefficient (Wildman–Crippen LogP) is 1.43. The first-order valence-corrected chi connectivity index (χ1v) is 10.6. The molecule has 1 aromatic heterocycles. The van der Waals surface area contributed by atoms with Crippen LogP contribution >= 0.6 is 0 Å². The van der Waals surface area contributed by atoms with E-state index < -0.39 is 12.1 Å². The molecule has 3 heterocycles. The molecular formula is C22H27N5O3. The zero-order valence-corrected chi connectivity index (χ0v) is 17.3. The highest BCUT2D eigenvalue weighted by atomic mass is 16.2. The van der Waals surface area contributed by atoms with Crippen molar-refractivity contribution < 1.29 is 14.4 Å². The van der Waals surface area contributed by atoms with E-state index in [4.69, 9.17) is 0 Å². The van der Waals surface area contributed by atoms with Gasteiger partial charge in [-0.3, -0.25) is 14.4 Å². The normalized spacial score (nSPS) is 23.3. The lowest BCUT2D eigenvalue weighted by Crippen LogP contribution is -2.60. The van der Waals surface area contributed by atoms with Gasteiger partial charge in [0.15, 0.2) is 0 Å². The van der Waals surface area contributed by atoms with E-state index in [0.717, 1.165) is 24.2 Å². The van der Waals surface area contributed by atoms with Crippen LogP contribution in [-0.2, 0) is 16.0 Å². The summed E-state index contributed by atoms with van der Waals surface area (Å²) in [4.78, 5) is 39.6. The van der Waals surface area contributed by atoms with Gasteiger partial charge in [0.2, 0.25) is 11.8 Å². The Morgan fingerprint density at radius 3 is 2.70 bits per heavy atom. The third kappa shape index (κ3) is 3.58. The second-order valence-electron chi connectivity index (χ2n) is 7.88. The maximum atomic E-state index is 13.1. The molecule has 2 fully saturated rings. The number of fused-ring (bicyclic) bond motifs is 1. The van der Waals surface area contributed by atoms with Crippen molar-refractivity contribution in [3.63, 3.8) is 0 Å². The summed E-state index contributed by atoms with van der Waals surface area (Å²) in [6.45, 7) is 4.29. The molecule has 0 aliphatic carbocycles. The Morgan fingerprint density at radius 2 is 2.00 bits per heavy atom. The molecule has 0 unspecified atom stereocenters. The van der Waals surface area contributed by atoms with Crippen molar-refractivity contribution in [2.45, 2.75) is 57.7 Å². The minimum atomic E-state index is -0.507. The zero-order valence-electron chi connectivity index (χ0n) is 17.3. The van der Waals surface area contributed by atoms with Gasteiger partial charge in [0.25, 0.3) is 5.91 Å². The van der Waals surface area contributed by atoms with Gasteiger partial charge in [0.1, 0.15) is 12.1 Å². The Hall–Kier alpha value is -3.16. The molecule has 0 saturated carbocycles. The zero-order chi connectivity index (χ0) is 21.3. The molecule has 30 heavy (non-hydrogen) atoms.